The lowest BCUT2D eigenvalue weighted by Crippen LogP contribution is -2.40. The number of carboxylic acid groups (broad SMARTS) is 1. The van der Waals surface area contributed by atoms with Crippen LogP contribution in [-0.2, 0) is 14.3 Å². The van der Waals surface area contributed by atoms with Gasteiger partial charge >= 0.3 is 12.0 Å². The molecule has 7 heteroatoms. The maximum atomic E-state index is 11.2. The third-order valence-corrected chi connectivity index (χ3v) is 2.27. The van der Waals surface area contributed by atoms with E-state index in [0.717, 1.165) is 19.4 Å². The molecule has 1 aliphatic rings. The van der Waals surface area contributed by atoms with E-state index in [1.165, 1.54) is 0 Å². The fourth-order valence-corrected chi connectivity index (χ4v) is 1.47. The number of nitrogens with one attached hydrogen (secondary N) is 2. The number of carbonyl (C=O) groups excluding carboxylic acids is 1. The Morgan fingerprint density at radius 3 is 2.88 bits per heavy atom. The van der Waals surface area contributed by atoms with Gasteiger partial charge in [0.05, 0.1) is 12.7 Å². The minimum atomic E-state index is -1.02. The van der Waals surface area contributed by atoms with Gasteiger partial charge in [0.25, 0.3) is 0 Å². The summed E-state index contributed by atoms with van der Waals surface area (Å²) in [5.74, 6) is -1.02. The first kappa shape index (κ1) is 13.7. The highest BCUT2D eigenvalue weighted by Crippen LogP contribution is 2.10. The second-order valence-corrected chi connectivity index (χ2v) is 3.72. The maximum absolute atomic E-state index is 11.2. The van der Waals surface area contributed by atoms with Crippen molar-refractivity contribution in [3.63, 3.8) is 0 Å². The van der Waals surface area contributed by atoms with Crippen molar-refractivity contribution in [3.8, 4) is 0 Å². The highest BCUT2D eigenvalue weighted by molar-refractivity contribution is 5.73. The smallest absolute Gasteiger partial charge is 0.329 e. The molecule has 1 unspecified atom stereocenters. The van der Waals surface area contributed by atoms with E-state index in [1.54, 1.807) is 0 Å². The van der Waals surface area contributed by atoms with Gasteiger partial charge in [-0.25, -0.2) is 9.59 Å². The minimum Gasteiger partial charge on any atom is -0.480 e. The molecule has 2 amide bonds. The number of carbonyl (C=O) groups is 2. The molecule has 1 atom stereocenters. The van der Waals surface area contributed by atoms with E-state index in [1.807, 2.05) is 0 Å². The standard InChI is InChI=1S/C10H18N2O5/c13-9(14)7-16-5-3-11-10(15)12-6-8-2-1-4-17-8/h8H,1-7H2,(H,13,14)(H2,11,12,15). The Morgan fingerprint density at radius 1 is 1.41 bits per heavy atom. The van der Waals surface area contributed by atoms with Crippen LogP contribution in [0.1, 0.15) is 12.8 Å². The molecule has 0 saturated carbocycles. The van der Waals surface area contributed by atoms with Crippen LogP contribution in [-0.4, -0.2) is 56.1 Å². The fourth-order valence-electron chi connectivity index (χ4n) is 1.47. The van der Waals surface area contributed by atoms with Crippen molar-refractivity contribution in [1.82, 2.24) is 10.6 Å². The Morgan fingerprint density at radius 2 is 2.24 bits per heavy atom. The molecule has 1 heterocycles. The topological polar surface area (TPSA) is 96.9 Å². The summed E-state index contributed by atoms with van der Waals surface area (Å²) in [5.41, 5.74) is 0. The van der Waals surface area contributed by atoms with Crippen molar-refractivity contribution in [2.75, 3.05) is 32.9 Å². The van der Waals surface area contributed by atoms with Gasteiger partial charge in [0.2, 0.25) is 0 Å². The molecule has 0 aliphatic carbocycles. The Labute approximate surface area is 99.5 Å². The van der Waals surface area contributed by atoms with Crippen LogP contribution >= 0.6 is 0 Å². The molecule has 7 nitrogen and oxygen atoms in total. The largest absolute Gasteiger partial charge is 0.480 e. The van der Waals surface area contributed by atoms with Crippen molar-refractivity contribution < 1.29 is 24.2 Å². The van der Waals surface area contributed by atoms with Gasteiger partial charge in [-0.3, -0.25) is 0 Å². The van der Waals surface area contributed by atoms with E-state index in [9.17, 15) is 9.59 Å². The Kier molecular flexibility index (Phi) is 6.34. The van der Waals surface area contributed by atoms with Gasteiger partial charge in [0, 0.05) is 19.7 Å². The Bertz CT molecular complexity index is 253. The lowest BCUT2D eigenvalue weighted by Gasteiger charge is -2.11. The Hall–Kier alpha value is -1.34. The van der Waals surface area contributed by atoms with E-state index in [4.69, 9.17) is 14.6 Å². The van der Waals surface area contributed by atoms with Crippen molar-refractivity contribution in [1.29, 1.82) is 0 Å². The van der Waals surface area contributed by atoms with Crippen LogP contribution in [0.25, 0.3) is 0 Å². The monoisotopic (exact) mass is 246 g/mol. The number of amides is 2. The zero-order chi connectivity index (χ0) is 12.5. The molecule has 0 radical (unpaired) electrons. The lowest BCUT2D eigenvalue weighted by atomic mass is 10.2. The highest BCUT2D eigenvalue weighted by atomic mass is 16.5. The molecule has 0 spiro atoms. The van der Waals surface area contributed by atoms with Gasteiger partial charge in [-0.15, -0.1) is 0 Å². The predicted octanol–water partition coefficient (Wildman–Crippen LogP) is -0.434. The number of rotatable bonds is 7. The summed E-state index contributed by atoms with van der Waals surface area (Å²) in [5, 5.41) is 13.5. The SMILES string of the molecule is O=C(O)COCCNC(=O)NCC1CCCO1. The number of hydrogen-bond donors (Lipinski definition) is 3. The summed E-state index contributed by atoms with van der Waals surface area (Å²) in [7, 11) is 0. The molecule has 3 N–H and O–H groups in total. The van der Waals surface area contributed by atoms with Crippen LogP contribution in [0.15, 0.2) is 0 Å². The second-order valence-electron chi connectivity index (χ2n) is 3.72. The zero-order valence-electron chi connectivity index (χ0n) is 9.61. The normalized spacial score (nSPS) is 18.9. The number of aliphatic carboxylic acids is 1. The first-order valence-electron chi connectivity index (χ1n) is 5.61. The molecule has 98 valence electrons. The van der Waals surface area contributed by atoms with Gasteiger partial charge < -0.3 is 25.2 Å². The van der Waals surface area contributed by atoms with Gasteiger partial charge in [0.1, 0.15) is 6.61 Å². The Balaban J connectivity index is 1.92. The maximum Gasteiger partial charge on any atom is 0.329 e. The highest BCUT2D eigenvalue weighted by Gasteiger charge is 2.15. The van der Waals surface area contributed by atoms with Gasteiger partial charge in [-0.2, -0.15) is 0 Å². The van der Waals surface area contributed by atoms with Crippen LogP contribution in [0.2, 0.25) is 0 Å². The molecule has 1 fully saturated rings. The zero-order valence-corrected chi connectivity index (χ0v) is 9.61. The van der Waals surface area contributed by atoms with E-state index in [0.29, 0.717) is 6.54 Å². The first-order chi connectivity index (χ1) is 8.18. The third-order valence-electron chi connectivity index (χ3n) is 2.27. The van der Waals surface area contributed by atoms with E-state index in [-0.39, 0.29) is 31.9 Å². The molecule has 0 aromatic rings. The van der Waals surface area contributed by atoms with Gasteiger partial charge in [0.15, 0.2) is 0 Å². The van der Waals surface area contributed by atoms with Crippen LogP contribution in [0.4, 0.5) is 4.79 Å². The average molecular weight is 246 g/mol. The summed E-state index contributed by atoms with van der Waals surface area (Å²) in [6.07, 6.45) is 2.13. The van der Waals surface area contributed by atoms with Crippen molar-refractivity contribution >= 4 is 12.0 Å². The summed E-state index contributed by atoms with van der Waals surface area (Å²) in [6, 6.07) is -0.292. The van der Waals surface area contributed by atoms with Gasteiger partial charge in [-0.1, -0.05) is 0 Å². The number of carboxylic acids is 1. The molecular weight excluding hydrogens is 228 g/mol. The van der Waals surface area contributed by atoms with E-state index < -0.39 is 5.97 Å². The molecule has 17 heavy (non-hydrogen) atoms. The predicted molar refractivity (Wildman–Crippen MR) is 58.8 cm³/mol. The molecule has 0 aromatic heterocycles. The molecule has 0 bridgehead atoms. The minimum absolute atomic E-state index is 0.115. The van der Waals surface area contributed by atoms with Crippen LogP contribution in [0, 0.1) is 0 Å². The molecule has 0 aromatic carbocycles. The molecular formula is C10H18N2O5. The number of urea groups is 1. The van der Waals surface area contributed by atoms with Crippen molar-refractivity contribution in [2.24, 2.45) is 0 Å². The summed E-state index contributed by atoms with van der Waals surface area (Å²) >= 11 is 0. The van der Waals surface area contributed by atoms with Crippen LogP contribution in [0.3, 0.4) is 0 Å². The average Bonchev–Trinajstić information content (AvgIpc) is 2.78. The summed E-state index contributed by atoms with van der Waals surface area (Å²) < 4.78 is 10.1. The third kappa shape index (κ3) is 6.75. The molecule has 1 saturated heterocycles. The summed E-state index contributed by atoms with van der Waals surface area (Å²) in [6.45, 7) is 1.38. The van der Waals surface area contributed by atoms with E-state index >= 15 is 0 Å². The molecule has 1 aliphatic heterocycles. The van der Waals surface area contributed by atoms with Crippen LogP contribution < -0.4 is 10.6 Å². The first-order valence-corrected chi connectivity index (χ1v) is 5.61. The van der Waals surface area contributed by atoms with Gasteiger partial charge in [-0.05, 0) is 12.8 Å². The lowest BCUT2D eigenvalue weighted by molar-refractivity contribution is -0.142. The number of hydrogen-bond acceptors (Lipinski definition) is 4. The number of ether oxygens (including phenoxy) is 2. The second kappa shape index (κ2) is 7.86. The quantitative estimate of drug-likeness (QED) is 0.529. The fraction of sp³-hybridized carbons (Fsp3) is 0.800. The molecule has 1 rings (SSSR count). The van der Waals surface area contributed by atoms with E-state index in [2.05, 4.69) is 10.6 Å². The van der Waals surface area contributed by atoms with Crippen LogP contribution in [0.5, 0.6) is 0 Å². The van der Waals surface area contributed by atoms with Crippen molar-refractivity contribution in [3.05, 3.63) is 0 Å². The summed E-state index contributed by atoms with van der Waals surface area (Å²) in [4.78, 5) is 21.4. The van der Waals surface area contributed by atoms with Crippen molar-refractivity contribution in [2.45, 2.75) is 18.9 Å².